The number of primary amides is 1. The van der Waals surface area contributed by atoms with Gasteiger partial charge in [-0.15, -0.1) is 0 Å². The van der Waals surface area contributed by atoms with Crippen molar-refractivity contribution >= 4 is 47.3 Å². The third-order valence-electron chi connectivity index (χ3n) is 9.78. The Morgan fingerprint density at radius 3 is 1.52 bits per heavy atom. The summed E-state index contributed by atoms with van der Waals surface area (Å²) >= 11 is 0. The van der Waals surface area contributed by atoms with E-state index in [1.54, 1.807) is 74.5 Å². The number of hydrogen-bond acceptors (Lipinski definition) is 10. The molecular weight excluding hydrogens is 787 g/mol. The molecule has 0 aliphatic heterocycles. The van der Waals surface area contributed by atoms with Crippen LogP contribution in [0, 0.1) is 11.8 Å². The molecule has 0 radical (unpaired) electrons. The topological polar surface area (TPSA) is 307 Å². The fourth-order valence-electron chi connectivity index (χ4n) is 6.29. The van der Waals surface area contributed by atoms with Crippen molar-refractivity contribution in [3.05, 3.63) is 71.8 Å². The van der Waals surface area contributed by atoms with Crippen LogP contribution in [0.15, 0.2) is 60.7 Å². The van der Waals surface area contributed by atoms with Crippen molar-refractivity contribution < 1.29 is 43.5 Å². The second-order valence-electron chi connectivity index (χ2n) is 15.9. The van der Waals surface area contributed by atoms with Crippen LogP contribution in [0.2, 0.25) is 0 Å². The summed E-state index contributed by atoms with van der Waals surface area (Å²) in [5, 5.41) is 24.9. The SMILES string of the molecule is CC(C)C[C@@H](NC(=O)[C@H](N)CCCCN)C(=O)N[C@@H](C(=O)N[C@H](Cc1ccccc1)C(=O)N[C@H](Cc1ccccc1)C(=O)N[C@H](C)C(=O)N[C@H](CCC(=O)O)C(N)=O)C(C)C. The Morgan fingerprint density at radius 1 is 0.574 bits per heavy atom. The predicted molar refractivity (Wildman–Crippen MR) is 229 cm³/mol. The Bertz CT molecular complexity index is 1760. The van der Waals surface area contributed by atoms with E-state index < -0.39 is 102 Å². The smallest absolute Gasteiger partial charge is 0.303 e. The van der Waals surface area contributed by atoms with E-state index in [-0.39, 0.29) is 31.6 Å². The molecule has 0 unspecified atom stereocenters. The number of carbonyl (C=O) groups excluding carboxylic acids is 7. The lowest BCUT2D eigenvalue weighted by Gasteiger charge is -2.29. The van der Waals surface area contributed by atoms with Gasteiger partial charge in [-0.25, -0.2) is 0 Å². The van der Waals surface area contributed by atoms with Gasteiger partial charge in [0.05, 0.1) is 6.04 Å². The minimum atomic E-state index is -1.31. The molecule has 2 rings (SSSR count). The van der Waals surface area contributed by atoms with E-state index in [4.69, 9.17) is 22.3 Å². The van der Waals surface area contributed by atoms with Crippen LogP contribution >= 0.6 is 0 Å². The summed E-state index contributed by atoms with van der Waals surface area (Å²) in [6.07, 6.45) is 1.26. The van der Waals surface area contributed by atoms with Gasteiger partial charge in [0.1, 0.15) is 36.3 Å². The number of benzene rings is 2. The Balaban J connectivity index is 2.37. The van der Waals surface area contributed by atoms with Crippen LogP contribution in [0.1, 0.15) is 84.3 Å². The van der Waals surface area contributed by atoms with Crippen molar-refractivity contribution in [1.29, 1.82) is 0 Å². The van der Waals surface area contributed by atoms with Crippen LogP contribution in [-0.4, -0.2) is 101 Å². The Labute approximate surface area is 357 Å². The minimum Gasteiger partial charge on any atom is -0.481 e. The number of rotatable bonds is 27. The Kier molecular flexibility index (Phi) is 22.1. The lowest BCUT2D eigenvalue weighted by atomic mass is 9.98. The summed E-state index contributed by atoms with van der Waals surface area (Å²) in [7, 11) is 0. The van der Waals surface area contributed by atoms with Crippen LogP contribution < -0.4 is 49.1 Å². The zero-order valence-corrected chi connectivity index (χ0v) is 35.8. The first-order valence-corrected chi connectivity index (χ1v) is 20.7. The zero-order chi connectivity index (χ0) is 45.6. The van der Waals surface area contributed by atoms with Crippen LogP contribution in [0.3, 0.4) is 0 Å². The number of unbranched alkanes of at least 4 members (excludes halogenated alkanes) is 1. The molecule has 0 fully saturated rings. The number of nitrogens with one attached hydrogen (secondary N) is 6. The van der Waals surface area contributed by atoms with Crippen LogP contribution in [0.4, 0.5) is 0 Å². The number of hydrogen-bond donors (Lipinski definition) is 10. The number of nitrogens with two attached hydrogens (primary N) is 3. The van der Waals surface area contributed by atoms with E-state index >= 15 is 0 Å². The summed E-state index contributed by atoms with van der Waals surface area (Å²) < 4.78 is 0. The summed E-state index contributed by atoms with van der Waals surface area (Å²) in [4.78, 5) is 105. The maximum absolute atomic E-state index is 14.2. The highest BCUT2D eigenvalue weighted by Crippen LogP contribution is 2.12. The number of carbonyl (C=O) groups is 8. The fourth-order valence-corrected chi connectivity index (χ4v) is 6.29. The maximum Gasteiger partial charge on any atom is 0.303 e. The highest BCUT2D eigenvalue weighted by molar-refractivity contribution is 5.97. The first-order valence-electron chi connectivity index (χ1n) is 20.7. The molecular formula is C43H65N9O9. The largest absolute Gasteiger partial charge is 0.481 e. The number of amides is 7. The molecule has 0 aliphatic rings. The molecule has 2 aromatic rings. The lowest BCUT2D eigenvalue weighted by molar-refractivity contribution is -0.138. The average molecular weight is 852 g/mol. The maximum atomic E-state index is 14.2. The molecule has 0 heterocycles. The van der Waals surface area contributed by atoms with Gasteiger partial charge in [-0.05, 0) is 62.1 Å². The molecule has 0 spiro atoms. The van der Waals surface area contributed by atoms with Crippen molar-refractivity contribution in [1.82, 2.24) is 31.9 Å². The van der Waals surface area contributed by atoms with Crippen molar-refractivity contribution in [3.8, 4) is 0 Å². The molecule has 0 bridgehead atoms. The quantitative estimate of drug-likeness (QED) is 0.0530. The molecule has 0 saturated carbocycles. The van der Waals surface area contributed by atoms with Gasteiger partial charge in [0.15, 0.2) is 0 Å². The van der Waals surface area contributed by atoms with Gasteiger partial charge in [0.25, 0.3) is 0 Å². The molecule has 0 aliphatic carbocycles. The predicted octanol–water partition coefficient (Wildman–Crippen LogP) is -0.0910. The van der Waals surface area contributed by atoms with Crippen LogP contribution in [-0.2, 0) is 51.2 Å². The molecule has 18 heteroatoms. The summed E-state index contributed by atoms with van der Waals surface area (Å²) in [5.74, 6) is -6.74. The molecule has 61 heavy (non-hydrogen) atoms. The number of carboxylic acids is 1. The first kappa shape index (κ1) is 51.3. The molecule has 18 nitrogen and oxygen atoms in total. The van der Waals surface area contributed by atoms with Crippen molar-refractivity contribution in [2.24, 2.45) is 29.0 Å². The third kappa shape index (κ3) is 18.9. The van der Waals surface area contributed by atoms with Crippen molar-refractivity contribution in [2.75, 3.05) is 6.54 Å². The van der Waals surface area contributed by atoms with E-state index in [9.17, 15) is 38.4 Å². The minimum absolute atomic E-state index is 0.00537. The van der Waals surface area contributed by atoms with Gasteiger partial charge >= 0.3 is 5.97 Å². The van der Waals surface area contributed by atoms with E-state index in [1.807, 2.05) is 13.8 Å². The molecule has 7 atom stereocenters. The molecule has 13 N–H and O–H groups in total. The average Bonchev–Trinajstić information content (AvgIpc) is 3.20. The van der Waals surface area contributed by atoms with Crippen LogP contribution in [0.5, 0.6) is 0 Å². The second kappa shape index (κ2) is 26.4. The van der Waals surface area contributed by atoms with Gasteiger partial charge in [-0.3, -0.25) is 38.4 Å². The normalized spacial score (nSPS) is 14.6. The summed E-state index contributed by atoms with van der Waals surface area (Å²) in [6.45, 7) is 9.02. The van der Waals surface area contributed by atoms with Gasteiger partial charge < -0.3 is 54.2 Å². The van der Waals surface area contributed by atoms with Gasteiger partial charge in [0.2, 0.25) is 41.4 Å². The fraction of sp³-hybridized carbons (Fsp3) is 0.535. The van der Waals surface area contributed by atoms with Gasteiger partial charge in [-0.2, -0.15) is 0 Å². The third-order valence-corrected chi connectivity index (χ3v) is 9.78. The lowest BCUT2D eigenvalue weighted by Crippen LogP contribution is -2.61. The van der Waals surface area contributed by atoms with Crippen molar-refractivity contribution in [2.45, 2.75) is 128 Å². The molecule has 336 valence electrons. The Hall–Kier alpha value is -5.88. The number of aliphatic carboxylic acids is 1. The first-order chi connectivity index (χ1) is 28.8. The van der Waals surface area contributed by atoms with E-state index in [0.717, 1.165) is 0 Å². The number of carboxylic acid groups (broad SMARTS) is 1. The second-order valence-corrected chi connectivity index (χ2v) is 15.9. The highest BCUT2D eigenvalue weighted by atomic mass is 16.4. The monoisotopic (exact) mass is 851 g/mol. The molecule has 0 saturated heterocycles. The molecule has 0 aromatic heterocycles. The molecule has 2 aromatic carbocycles. The van der Waals surface area contributed by atoms with Gasteiger partial charge in [-0.1, -0.05) is 94.8 Å². The summed E-state index contributed by atoms with van der Waals surface area (Å²) in [5.41, 5.74) is 18.4. The van der Waals surface area contributed by atoms with E-state index in [2.05, 4.69) is 31.9 Å². The highest BCUT2D eigenvalue weighted by Gasteiger charge is 2.34. The van der Waals surface area contributed by atoms with E-state index in [1.165, 1.54) is 6.92 Å². The zero-order valence-electron chi connectivity index (χ0n) is 35.8. The summed E-state index contributed by atoms with van der Waals surface area (Å²) in [6, 6.07) is 9.50. The van der Waals surface area contributed by atoms with E-state index in [0.29, 0.717) is 36.9 Å². The van der Waals surface area contributed by atoms with Crippen molar-refractivity contribution in [3.63, 3.8) is 0 Å². The Morgan fingerprint density at radius 2 is 1.05 bits per heavy atom. The van der Waals surface area contributed by atoms with Gasteiger partial charge in [0, 0.05) is 19.3 Å². The molecule has 7 amide bonds. The standard InChI is InChI=1S/C43H65N9O9/c1-25(2)22-32(49-39(57)30(45)18-12-13-21-44)42(60)52-36(26(3)4)43(61)51-34(24-29-16-10-7-11-17-29)41(59)50-33(23-28-14-8-6-9-15-28)40(58)47-27(5)38(56)48-31(37(46)55)19-20-35(53)54/h6-11,14-17,25-27,30-34,36H,12-13,18-24,44-45H2,1-5H3,(H2,46,55)(H,47,58)(H,48,56)(H,49,57)(H,50,59)(H,51,61)(H,52,60)(H,53,54)/t27-,30-,31-,32-,33-,34-,36-/m1/s1. The van der Waals surface area contributed by atoms with Crippen LogP contribution in [0.25, 0.3) is 0 Å².